The first kappa shape index (κ1) is 25.6. The zero-order chi connectivity index (χ0) is 22.3. The molecule has 4 rings (SSSR count). The number of nitrogens with zero attached hydrogens (tertiary/aromatic N) is 4. The number of piperazine rings is 1. The summed E-state index contributed by atoms with van der Waals surface area (Å²) in [4.78, 5) is 24.3. The van der Waals surface area contributed by atoms with Crippen molar-refractivity contribution in [2.75, 3.05) is 52.4 Å². The largest absolute Gasteiger partial charge is 0.459 e. The number of hydrogen-bond acceptors (Lipinski definition) is 4. The predicted octanol–water partition coefficient (Wildman–Crippen LogP) is 3.77. The molecule has 1 aromatic heterocycles. The van der Waals surface area contributed by atoms with Crippen molar-refractivity contribution in [1.82, 2.24) is 20.0 Å². The van der Waals surface area contributed by atoms with Crippen molar-refractivity contribution in [2.24, 2.45) is 4.99 Å². The van der Waals surface area contributed by atoms with E-state index >= 15 is 0 Å². The summed E-state index contributed by atoms with van der Waals surface area (Å²) in [6.45, 7) is 10.9. The summed E-state index contributed by atoms with van der Waals surface area (Å²) in [6, 6.07) is 12.7. The number of furan rings is 1. The molecule has 0 radical (unpaired) electrons. The van der Waals surface area contributed by atoms with Crippen LogP contribution in [0.15, 0.2) is 52.1 Å². The van der Waals surface area contributed by atoms with E-state index in [0.29, 0.717) is 24.9 Å². The number of amides is 1. The molecule has 2 aliphatic heterocycles. The van der Waals surface area contributed by atoms with Gasteiger partial charge in [0.05, 0.1) is 18.8 Å². The lowest BCUT2D eigenvalue weighted by Gasteiger charge is -2.36. The second-order valence-electron chi connectivity index (χ2n) is 8.62. The first-order valence-corrected chi connectivity index (χ1v) is 11.8. The first-order valence-electron chi connectivity index (χ1n) is 11.8. The van der Waals surface area contributed by atoms with Gasteiger partial charge in [-0.1, -0.05) is 29.8 Å². The normalized spacial score (nSPS) is 18.2. The number of nitrogens with one attached hydrogen (secondary N) is 1. The third-order valence-electron chi connectivity index (χ3n) is 6.39. The van der Waals surface area contributed by atoms with E-state index in [2.05, 4.69) is 53.2 Å². The summed E-state index contributed by atoms with van der Waals surface area (Å²) < 4.78 is 5.28. The number of carbonyl (C=O) groups excluding carboxylic acids is 1. The molecule has 0 spiro atoms. The zero-order valence-corrected chi connectivity index (χ0v) is 22.0. The number of likely N-dealkylation sites (tertiary alicyclic amines) is 1. The Hall–Kier alpha value is -2.07. The minimum absolute atomic E-state index is 0. The molecule has 3 heterocycles. The minimum Gasteiger partial charge on any atom is -0.459 e. The van der Waals surface area contributed by atoms with E-state index in [1.807, 2.05) is 4.90 Å². The van der Waals surface area contributed by atoms with Crippen LogP contribution >= 0.6 is 24.0 Å². The Labute approximate surface area is 214 Å². The average molecular weight is 566 g/mol. The van der Waals surface area contributed by atoms with Gasteiger partial charge in [0.1, 0.15) is 0 Å². The summed E-state index contributed by atoms with van der Waals surface area (Å²) >= 11 is 0. The number of aliphatic imine (C=N–C) groups is 1. The van der Waals surface area contributed by atoms with E-state index < -0.39 is 0 Å². The Kier molecular flexibility index (Phi) is 9.61. The molecule has 0 saturated carbocycles. The number of guanidine groups is 1. The van der Waals surface area contributed by atoms with Gasteiger partial charge in [-0.2, -0.15) is 0 Å². The maximum Gasteiger partial charge on any atom is 0.289 e. The molecule has 0 bridgehead atoms. The molecule has 8 heteroatoms. The van der Waals surface area contributed by atoms with Crippen LogP contribution in [0, 0.1) is 6.92 Å². The van der Waals surface area contributed by atoms with E-state index in [9.17, 15) is 4.79 Å². The molecule has 1 unspecified atom stereocenters. The highest BCUT2D eigenvalue weighted by Crippen LogP contribution is 2.26. The van der Waals surface area contributed by atoms with E-state index in [-0.39, 0.29) is 29.9 Å². The van der Waals surface area contributed by atoms with E-state index in [1.54, 1.807) is 18.4 Å². The van der Waals surface area contributed by atoms with Crippen LogP contribution in [-0.4, -0.2) is 78.9 Å². The monoisotopic (exact) mass is 565 g/mol. The summed E-state index contributed by atoms with van der Waals surface area (Å²) in [7, 11) is 0. The van der Waals surface area contributed by atoms with Crippen molar-refractivity contribution < 1.29 is 9.21 Å². The topological polar surface area (TPSA) is 64.3 Å². The molecule has 0 aliphatic carbocycles. The van der Waals surface area contributed by atoms with Crippen molar-refractivity contribution in [2.45, 2.75) is 32.7 Å². The van der Waals surface area contributed by atoms with Gasteiger partial charge in [0.15, 0.2) is 11.7 Å². The lowest BCUT2D eigenvalue weighted by atomic mass is 10.0. The second kappa shape index (κ2) is 12.4. The Morgan fingerprint density at radius 3 is 2.30 bits per heavy atom. The summed E-state index contributed by atoms with van der Waals surface area (Å²) in [5.74, 6) is 1.31. The molecule has 1 amide bonds. The number of aryl methyl sites for hydroxylation is 1. The van der Waals surface area contributed by atoms with Crippen molar-refractivity contribution in [3.8, 4) is 0 Å². The standard InChI is InChI=1S/C25H35N5O2.HI/c1-3-26-25(30-16-14-29(15-17-30)24(31)23-7-6-18-32-23)27-19-22(28-12-4-5-13-28)21-10-8-20(2)9-11-21;/h6-11,18,22H,3-5,12-17,19H2,1-2H3,(H,26,27);1H. The summed E-state index contributed by atoms with van der Waals surface area (Å²) in [6.07, 6.45) is 4.07. The fraction of sp³-hybridized carbons (Fsp3) is 0.520. The van der Waals surface area contributed by atoms with Crippen molar-refractivity contribution in [1.29, 1.82) is 0 Å². The van der Waals surface area contributed by atoms with Crippen LogP contribution in [0.3, 0.4) is 0 Å². The number of carbonyl (C=O) groups is 1. The Morgan fingerprint density at radius 1 is 1.03 bits per heavy atom. The maximum atomic E-state index is 12.6. The third-order valence-corrected chi connectivity index (χ3v) is 6.39. The van der Waals surface area contributed by atoms with Crippen molar-refractivity contribution >= 4 is 35.8 Å². The third kappa shape index (κ3) is 6.50. The van der Waals surface area contributed by atoms with Gasteiger partial charge in [-0.3, -0.25) is 14.7 Å². The van der Waals surface area contributed by atoms with E-state index in [0.717, 1.165) is 45.2 Å². The van der Waals surface area contributed by atoms with Gasteiger partial charge in [0.2, 0.25) is 0 Å². The lowest BCUT2D eigenvalue weighted by molar-refractivity contribution is 0.0657. The van der Waals surface area contributed by atoms with Crippen LogP contribution < -0.4 is 5.32 Å². The highest BCUT2D eigenvalue weighted by Gasteiger charge is 2.27. The van der Waals surface area contributed by atoms with Gasteiger partial charge in [0.25, 0.3) is 5.91 Å². The smallest absolute Gasteiger partial charge is 0.289 e. The van der Waals surface area contributed by atoms with Crippen molar-refractivity contribution in [3.05, 3.63) is 59.5 Å². The summed E-state index contributed by atoms with van der Waals surface area (Å²) in [5.41, 5.74) is 2.62. The maximum absolute atomic E-state index is 12.6. The quantitative estimate of drug-likeness (QED) is 0.329. The molecule has 33 heavy (non-hydrogen) atoms. The fourth-order valence-electron chi connectivity index (χ4n) is 4.55. The van der Waals surface area contributed by atoms with Gasteiger partial charge in [0, 0.05) is 32.7 Å². The van der Waals surface area contributed by atoms with Crippen LogP contribution in [0.1, 0.15) is 47.5 Å². The molecule has 2 saturated heterocycles. The average Bonchev–Trinajstić information content (AvgIpc) is 3.54. The van der Waals surface area contributed by atoms with Gasteiger partial charge in [-0.25, -0.2) is 0 Å². The molecule has 180 valence electrons. The fourth-order valence-corrected chi connectivity index (χ4v) is 4.55. The number of benzene rings is 1. The molecule has 7 nitrogen and oxygen atoms in total. The molecule has 1 atom stereocenters. The minimum atomic E-state index is -0.0370. The van der Waals surface area contributed by atoms with Crippen LogP contribution in [0.25, 0.3) is 0 Å². The van der Waals surface area contributed by atoms with Gasteiger partial charge >= 0.3 is 0 Å². The molecule has 2 aromatic rings. The van der Waals surface area contributed by atoms with Crippen LogP contribution in [0.4, 0.5) is 0 Å². The van der Waals surface area contributed by atoms with Crippen LogP contribution in [-0.2, 0) is 0 Å². The van der Waals surface area contributed by atoms with Crippen molar-refractivity contribution in [3.63, 3.8) is 0 Å². The molecule has 2 fully saturated rings. The van der Waals surface area contributed by atoms with Crippen LogP contribution in [0.2, 0.25) is 0 Å². The van der Waals surface area contributed by atoms with E-state index in [1.165, 1.54) is 24.0 Å². The number of rotatable bonds is 6. The molecule has 1 aromatic carbocycles. The molecular weight excluding hydrogens is 529 g/mol. The highest BCUT2D eigenvalue weighted by molar-refractivity contribution is 14.0. The Balaban J connectivity index is 0.00000306. The predicted molar refractivity (Wildman–Crippen MR) is 142 cm³/mol. The van der Waals surface area contributed by atoms with Gasteiger partial charge in [-0.05, 0) is 57.5 Å². The molecule has 2 aliphatic rings. The first-order chi connectivity index (χ1) is 15.7. The van der Waals surface area contributed by atoms with Crippen LogP contribution in [0.5, 0.6) is 0 Å². The SMILES string of the molecule is CCNC(=NCC(c1ccc(C)cc1)N1CCCC1)N1CCN(C(=O)c2ccco2)CC1.I. The number of hydrogen-bond donors (Lipinski definition) is 1. The molecule has 1 N–H and O–H groups in total. The highest BCUT2D eigenvalue weighted by atomic mass is 127. The lowest BCUT2D eigenvalue weighted by Crippen LogP contribution is -2.53. The van der Waals surface area contributed by atoms with E-state index in [4.69, 9.17) is 9.41 Å². The second-order valence-corrected chi connectivity index (χ2v) is 8.62. The van der Waals surface area contributed by atoms with Gasteiger partial charge in [-0.15, -0.1) is 24.0 Å². The van der Waals surface area contributed by atoms with Gasteiger partial charge < -0.3 is 19.5 Å². The number of halogens is 1. The summed E-state index contributed by atoms with van der Waals surface area (Å²) in [5, 5.41) is 3.47. The Bertz CT molecular complexity index is 886. The molecular formula is C25H36IN5O2. The zero-order valence-electron chi connectivity index (χ0n) is 19.7. The Morgan fingerprint density at radius 2 is 1.70 bits per heavy atom.